The first-order chi connectivity index (χ1) is 12.1. The molecule has 0 aliphatic carbocycles. The fourth-order valence-corrected chi connectivity index (χ4v) is 2.88. The molecule has 134 valence electrons. The first-order valence-electron chi connectivity index (χ1n) is 8.61. The molecule has 1 aliphatic rings. The van der Waals surface area contributed by atoms with Gasteiger partial charge in [-0.2, -0.15) is 0 Å². The Labute approximate surface area is 147 Å². The number of morpholine rings is 1. The van der Waals surface area contributed by atoms with Crippen LogP contribution in [0.4, 0.5) is 0 Å². The van der Waals surface area contributed by atoms with E-state index in [-0.39, 0.29) is 17.9 Å². The molecule has 3 rings (SSSR count). The molecule has 1 aliphatic heterocycles. The summed E-state index contributed by atoms with van der Waals surface area (Å²) in [5.74, 6) is 0.693. The third kappa shape index (κ3) is 4.43. The van der Waals surface area contributed by atoms with Crippen LogP contribution in [0.3, 0.4) is 0 Å². The van der Waals surface area contributed by atoms with Gasteiger partial charge in [0.25, 0.3) is 5.91 Å². The molecule has 1 saturated heterocycles. The Balaban J connectivity index is 1.68. The maximum atomic E-state index is 12.4. The van der Waals surface area contributed by atoms with Gasteiger partial charge in [-0.05, 0) is 17.7 Å². The predicted octanol–water partition coefficient (Wildman–Crippen LogP) is 2.00. The number of ether oxygens (including phenoxy) is 1. The smallest absolute Gasteiger partial charge is 0.273 e. The number of aromatic nitrogens is 2. The summed E-state index contributed by atoms with van der Waals surface area (Å²) in [6, 6.07) is 5.75. The Morgan fingerprint density at radius 2 is 2.00 bits per heavy atom. The van der Waals surface area contributed by atoms with E-state index < -0.39 is 0 Å². The van der Waals surface area contributed by atoms with Crippen LogP contribution in [0.1, 0.15) is 47.6 Å². The van der Waals surface area contributed by atoms with Gasteiger partial charge in [0.1, 0.15) is 5.76 Å². The van der Waals surface area contributed by atoms with Gasteiger partial charge in [0.05, 0.1) is 19.3 Å². The summed E-state index contributed by atoms with van der Waals surface area (Å²) in [5, 5.41) is 6.85. The van der Waals surface area contributed by atoms with E-state index in [1.807, 2.05) is 26.0 Å². The zero-order chi connectivity index (χ0) is 17.6. The molecule has 2 aromatic heterocycles. The Bertz CT molecular complexity index is 681. The van der Waals surface area contributed by atoms with E-state index in [1.54, 1.807) is 18.5 Å². The average molecular weight is 344 g/mol. The zero-order valence-electron chi connectivity index (χ0n) is 14.6. The second-order valence-electron chi connectivity index (χ2n) is 6.42. The van der Waals surface area contributed by atoms with Gasteiger partial charge >= 0.3 is 0 Å². The highest BCUT2D eigenvalue weighted by atomic mass is 16.5. The minimum atomic E-state index is -0.219. The summed E-state index contributed by atoms with van der Waals surface area (Å²) in [4.78, 5) is 18.8. The maximum absolute atomic E-state index is 12.4. The van der Waals surface area contributed by atoms with Crippen molar-refractivity contribution in [2.24, 2.45) is 0 Å². The van der Waals surface area contributed by atoms with Gasteiger partial charge in [0, 0.05) is 44.0 Å². The van der Waals surface area contributed by atoms with E-state index in [9.17, 15) is 4.79 Å². The van der Waals surface area contributed by atoms with Crippen LogP contribution in [0.5, 0.6) is 0 Å². The molecule has 0 saturated carbocycles. The van der Waals surface area contributed by atoms with Crippen molar-refractivity contribution in [1.29, 1.82) is 0 Å². The third-order valence-corrected chi connectivity index (χ3v) is 4.36. The molecule has 1 fully saturated rings. The Hall–Kier alpha value is -2.25. The van der Waals surface area contributed by atoms with E-state index in [1.165, 1.54) is 0 Å². The fourth-order valence-electron chi connectivity index (χ4n) is 2.88. The van der Waals surface area contributed by atoms with Crippen LogP contribution in [0.2, 0.25) is 0 Å². The standard InChI is InChI=1S/C18H24N4O3/c1-13(2)17-11-15(21-25-17)18(23)20-12-16(14-3-5-19-6-4-14)22-7-9-24-10-8-22/h3-6,11,13,16H,7-10,12H2,1-2H3,(H,20,23). The monoisotopic (exact) mass is 344 g/mol. The van der Waals surface area contributed by atoms with Crippen LogP contribution in [0.25, 0.3) is 0 Å². The van der Waals surface area contributed by atoms with Gasteiger partial charge < -0.3 is 14.6 Å². The molecule has 3 heterocycles. The lowest BCUT2D eigenvalue weighted by atomic mass is 10.1. The van der Waals surface area contributed by atoms with Crippen molar-refractivity contribution in [2.75, 3.05) is 32.8 Å². The summed E-state index contributed by atoms with van der Waals surface area (Å²) in [5.41, 5.74) is 1.44. The van der Waals surface area contributed by atoms with E-state index in [4.69, 9.17) is 9.26 Å². The van der Waals surface area contributed by atoms with Crippen LogP contribution in [0, 0.1) is 0 Å². The first-order valence-corrected chi connectivity index (χ1v) is 8.61. The number of carbonyl (C=O) groups excluding carboxylic acids is 1. The van der Waals surface area contributed by atoms with Crippen molar-refractivity contribution in [3.05, 3.63) is 47.6 Å². The lowest BCUT2D eigenvalue weighted by molar-refractivity contribution is 0.0162. The van der Waals surface area contributed by atoms with E-state index >= 15 is 0 Å². The molecule has 7 nitrogen and oxygen atoms in total. The normalized spacial score (nSPS) is 16.8. The zero-order valence-corrected chi connectivity index (χ0v) is 14.6. The van der Waals surface area contributed by atoms with Crippen molar-refractivity contribution in [1.82, 2.24) is 20.4 Å². The SMILES string of the molecule is CC(C)c1cc(C(=O)NCC(c2ccncc2)N2CCOCC2)no1. The number of pyridine rings is 1. The van der Waals surface area contributed by atoms with Gasteiger partial charge in [-0.15, -0.1) is 0 Å². The van der Waals surface area contributed by atoms with Crippen LogP contribution in [-0.4, -0.2) is 53.8 Å². The second kappa shape index (κ2) is 8.22. The van der Waals surface area contributed by atoms with Crippen LogP contribution >= 0.6 is 0 Å². The van der Waals surface area contributed by atoms with Crippen molar-refractivity contribution in [2.45, 2.75) is 25.8 Å². The van der Waals surface area contributed by atoms with Gasteiger partial charge in [0.2, 0.25) is 0 Å². The van der Waals surface area contributed by atoms with Crippen molar-refractivity contribution < 1.29 is 14.1 Å². The Morgan fingerprint density at radius 3 is 2.64 bits per heavy atom. The van der Waals surface area contributed by atoms with Gasteiger partial charge in [-0.1, -0.05) is 19.0 Å². The molecule has 25 heavy (non-hydrogen) atoms. The molecule has 7 heteroatoms. The largest absolute Gasteiger partial charge is 0.379 e. The summed E-state index contributed by atoms with van der Waals surface area (Å²) in [6.07, 6.45) is 3.55. The molecular weight excluding hydrogens is 320 g/mol. The number of hydrogen-bond acceptors (Lipinski definition) is 6. The minimum absolute atomic E-state index is 0.0762. The minimum Gasteiger partial charge on any atom is -0.379 e. The summed E-state index contributed by atoms with van der Waals surface area (Å²) >= 11 is 0. The molecule has 0 radical (unpaired) electrons. The summed E-state index contributed by atoms with van der Waals surface area (Å²) in [7, 11) is 0. The highest BCUT2D eigenvalue weighted by molar-refractivity contribution is 5.92. The topological polar surface area (TPSA) is 80.5 Å². The lowest BCUT2D eigenvalue weighted by Gasteiger charge is -2.34. The molecule has 0 aromatic carbocycles. The summed E-state index contributed by atoms with van der Waals surface area (Å²) in [6.45, 7) is 7.58. The fraction of sp³-hybridized carbons (Fsp3) is 0.500. The molecule has 1 amide bonds. The van der Waals surface area contributed by atoms with Crippen molar-refractivity contribution in [3.63, 3.8) is 0 Å². The lowest BCUT2D eigenvalue weighted by Crippen LogP contribution is -2.43. The van der Waals surface area contributed by atoms with Gasteiger partial charge in [-0.3, -0.25) is 14.7 Å². The highest BCUT2D eigenvalue weighted by Crippen LogP contribution is 2.21. The van der Waals surface area contributed by atoms with E-state index in [2.05, 4.69) is 20.4 Å². The molecule has 1 unspecified atom stereocenters. The molecule has 0 spiro atoms. The number of nitrogens with one attached hydrogen (secondary N) is 1. The van der Waals surface area contributed by atoms with Gasteiger partial charge in [0.15, 0.2) is 5.69 Å². The Kier molecular flexibility index (Phi) is 5.78. The van der Waals surface area contributed by atoms with Crippen LogP contribution in [0.15, 0.2) is 35.1 Å². The second-order valence-corrected chi connectivity index (χ2v) is 6.42. The number of nitrogens with zero attached hydrogens (tertiary/aromatic N) is 3. The van der Waals surface area contributed by atoms with Crippen LogP contribution in [-0.2, 0) is 4.74 Å². The number of amides is 1. The van der Waals surface area contributed by atoms with Crippen LogP contribution < -0.4 is 5.32 Å². The van der Waals surface area contributed by atoms with Crippen molar-refractivity contribution in [3.8, 4) is 0 Å². The molecule has 1 atom stereocenters. The summed E-state index contributed by atoms with van der Waals surface area (Å²) < 4.78 is 10.7. The Morgan fingerprint density at radius 1 is 1.28 bits per heavy atom. The number of hydrogen-bond donors (Lipinski definition) is 1. The maximum Gasteiger partial charge on any atom is 0.273 e. The third-order valence-electron chi connectivity index (χ3n) is 4.36. The predicted molar refractivity (Wildman–Crippen MR) is 92.3 cm³/mol. The van der Waals surface area contributed by atoms with Crippen molar-refractivity contribution >= 4 is 5.91 Å². The number of carbonyl (C=O) groups is 1. The first kappa shape index (κ1) is 17.6. The van der Waals surface area contributed by atoms with Gasteiger partial charge in [-0.25, -0.2) is 0 Å². The highest BCUT2D eigenvalue weighted by Gasteiger charge is 2.24. The molecule has 1 N–H and O–H groups in total. The molecular formula is C18H24N4O3. The average Bonchev–Trinajstić information content (AvgIpc) is 3.14. The number of rotatable bonds is 6. The molecule has 0 bridgehead atoms. The quantitative estimate of drug-likeness (QED) is 0.863. The van der Waals surface area contributed by atoms with E-state index in [0.29, 0.717) is 31.2 Å². The van der Waals surface area contributed by atoms with E-state index in [0.717, 1.165) is 18.7 Å². The molecule has 2 aromatic rings.